The number of hydrogen-bond donors (Lipinski definition) is 0. The SMILES string of the molecule is C=CCc1cc(C(=O)N(C)Cc2cc(C(C)C)no2)ccc1OC. The van der Waals surface area contributed by atoms with Crippen LogP contribution in [0.5, 0.6) is 5.75 Å². The number of rotatable bonds is 7. The first-order valence-electron chi connectivity index (χ1n) is 7.95. The van der Waals surface area contributed by atoms with Gasteiger partial charge in [0.1, 0.15) is 5.75 Å². The Morgan fingerprint density at radius 1 is 1.42 bits per heavy atom. The molecule has 128 valence electrons. The van der Waals surface area contributed by atoms with Crippen LogP contribution in [0, 0.1) is 0 Å². The highest BCUT2D eigenvalue weighted by atomic mass is 16.5. The molecule has 0 N–H and O–H groups in total. The molecule has 0 unspecified atom stereocenters. The van der Waals surface area contributed by atoms with Crippen LogP contribution in [0.3, 0.4) is 0 Å². The largest absolute Gasteiger partial charge is 0.496 e. The molecule has 0 radical (unpaired) electrons. The van der Waals surface area contributed by atoms with E-state index < -0.39 is 0 Å². The number of carbonyl (C=O) groups excluding carboxylic acids is 1. The first-order chi connectivity index (χ1) is 11.5. The minimum Gasteiger partial charge on any atom is -0.496 e. The summed E-state index contributed by atoms with van der Waals surface area (Å²) in [6.07, 6.45) is 2.44. The van der Waals surface area contributed by atoms with Crippen LogP contribution >= 0.6 is 0 Å². The zero-order valence-electron chi connectivity index (χ0n) is 14.7. The molecule has 1 amide bonds. The summed E-state index contributed by atoms with van der Waals surface area (Å²) in [5.74, 6) is 1.65. The molecular weight excluding hydrogens is 304 g/mol. The topological polar surface area (TPSA) is 55.6 Å². The Balaban J connectivity index is 2.14. The lowest BCUT2D eigenvalue weighted by Gasteiger charge is -2.16. The molecule has 1 heterocycles. The minimum atomic E-state index is -0.0783. The number of allylic oxidation sites excluding steroid dienone is 1. The van der Waals surface area contributed by atoms with E-state index in [0.29, 0.717) is 30.2 Å². The molecule has 0 spiro atoms. The molecule has 24 heavy (non-hydrogen) atoms. The summed E-state index contributed by atoms with van der Waals surface area (Å²) >= 11 is 0. The van der Waals surface area contributed by atoms with Crippen LogP contribution in [-0.4, -0.2) is 30.1 Å². The van der Waals surface area contributed by atoms with Gasteiger partial charge < -0.3 is 14.2 Å². The lowest BCUT2D eigenvalue weighted by Crippen LogP contribution is -2.26. The van der Waals surface area contributed by atoms with Crippen molar-refractivity contribution in [1.29, 1.82) is 0 Å². The third-order valence-electron chi connectivity index (χ3n) is 3.80. The first-order valence-corrected chi connectivity index (χ1v) is 7.95. The van der Waals surface area contributed by atoms with Gasteiger partial charge in [-0.15, -0.1) is 6.58 Å². The van der Waals surface area contributed by atoms with E-state index in [2.05, 4.69) is 25.6 Å². The summed E-state index contributed by atoms with van der Waals surface area (Å²) in [6, 6.07) is 7.32. The molecular formula is C19H24N2O3. The van der Waals surface area contributed by atoms with Gasteiger partial charge in [0.05, 0.1) is 19.3 Å². The van der Waals surface area contributed by atoms with Gasteiger partial charge in [-0.05, 0) is 36.1 Å². The van der Waals surface area contributed by atoms with Gasteiger partial charge in [0.15, 0.2) is 5.76 Å². The van der Waals surface area contributed by atoms with E-state index in [4.69, 9.17) is 9.26 Å². The molecule has 0 saturated carbocycles. The quantitative estimate of drug-likeness (QED) is 0.725. The summed E-state index contributed by atoms with van der Waals surface area (Å²) in [4.78, 5) is 14.3. The molecule has 5 nitrogen and oxygen atoms in total. The van der Waals surface area contributed by atoms with Gasteiger partial charge in [-0.2, -0.15) is 0 Å². The van der Waals surface area contributed by atoms with Gasteiger partial charge >= 0.3 is 0 Å². The van der Waals surface area contributed by atoms with E-state index in [1.165, 1.54) is 0 Å². The molecule has 0 fully saturated rings. The van der Waals surface area contributed by atoms with Crippen molar-refractivity contribution in [2.45, 2.75) is 32.7 Å². The van der Waals surface area contributed by atoms with Crippen molar-refractivity contribution in [3.8, 4) is 5.75 Å². The second-order valence-corrected chi connectivity index (χ2v) is 6.05. The molecule has 0 atom stereocenters. The van der Waals surface area contributed by atoms with Crippen molar-refractivity contribution in [1.82, 2.24) is 10.1 Å². The number of methoxy groups -OCH3 is 1. The van der Waals surface area contributed by atoms with Crippen LogP contribution in [-0.2, 0) is 13.0 Å². The standard InChI is InChI=1S/C19H24N2O3/c1-6-7-14-10-15(8-9-18(14)23-5)19(22)21(4)12-16-11-17(13(2)3)20-24-16/h6,8-11,13H,1,7,12H2,2-5H3. The smallest absolute Gasteiger partial charge is 0.254 e. The Bertz CT molecular complexity index is 719. The fourth-order valence-electron chi connectivity index (χ4n) is 2.43. The molecule has 1 aromatic heterocycles. The molecule has 2 aromatic rings. The summed E-state index contributed by atoms with van der Waals surface area (Å²) in [7, 11) is 3.36. The first kappa shape index (κ1) is 17.8. The molecule has 0 aliphatic heterocycles. The molecule has 0 bridgehead atoms. The minimum absolute atomic E-state index is 0.0783. The van der Waals surface area contributed by atoms with E-state index in [-0.39, 0.29) is 5.91 Å². The maximum atomic E-state index is 12.6. The summed E-state index contributed by atoms with van der Waals surface area (Å²) in [6.45, 7) is 8.22. The molecule has 2 rings (SSSR count). The summed E-state index contributed by atoms with van der Waals surface area (Å²) < 4.78 is 10.6. The summed E-state index contributed by atoms with van der Waals surface area (Å²) in [5, 5.41) is 4.02. The Morgan fingerprint density at radius 2 is 2.17 bits per heavy atom. The fourth-order valence-corrected chi connectivity index (χ4v) is 2.43. The van der Waals surface area contributed by atoms with Crippen molar-refractivity contribution in [3.63, 3.8) is 0 Å². The van der Waals surface area contributed by atoms with Gasteiger partial charge in [-0.3, -0.25) is 4.79 Å². The maximum absolute atomic E-state index is 12.6. The average molecular weight is 328 g/mol. The van der Waals surface area contributed by atoms with E-state index >= 15 is 0 Å². The van der Waals surface area contributed by atoms with E-state index in [1.54, 1.807) is 31.2 Å². The highest BCUT2D eigenvalue weighted by molar-refractivity contribution is 5.94. The molecule has 5 heteroatoms. The molecule has 0 saturated heterocycles. The number of ether oxygens (including phenoxy) is 1. The van der Waals surface area contributed by atoms with Crippen LogP contribution in [0.2, 0.25) is 0 Å². The number of nitrogens with zero attached hydrogens (tertiary/aromatic N) is 2. The number of hydrogen-bond acceptors (Lipinski definition) is 4. The predicted octanol–water partition coefficient (Wildman–Crippen LogP) is 3.81. The summed E-state index contributed by atoms with van der Waals surface area (Å²) in [5.41, 5.74) is 2.44. The average Bonchev–Trinajstić information content (AvgIpc) is 3.03. The zero-order valence-corrected chi connectivity index (χ0v) is 14.7. The van der Waals surface area contributed by atoms with Gasteiger partial charge in [0, 0.05) is 18.7 Å². The van der Waals surface area contributed by atoms with Crippen LogP contribution in [0.1, 0.15) is 47.1 Å². The monoisotopic (exact) mass is 328 g/mol. The van der Waals surface area contributed by atoms with Crippen LogP contribution < -0.4 is 4.74 Å². The van der Waals surface area contributed by atoms with Crippen LogP contribution in [0.4, 0.5) is 0 Å². The number of benzene rings is 1. The van der Waals surface area contributed by atoms with E-state index in [0.717, 1.165) is 17.0 Å². The third kappa shape index (κ3) is 4.04. The van der Waals surface area contributed by atoms with Crippen LogP contribution in [0.15, 0.2) is 41.4 Å². The Morgan fingerprint density at radius 3 is 2.75 bits per heavy atom. The third-order valence-corrected chi connectivity index (χ3v) is 3.80. The van der Waals surface area contributed by atoms with E-state index in [1.807, 2.05) is 18.2 Å². The second-order valence-electron chi connectivity index (χ2n) is 6.05. The fraction of sp³-hybridized carbons (Fsp3) is 0.368. The van der Waals surface area contributed by atoms with Gasteiger partial charge in [0.2, 0.25) is 0 Å². The van der Waals surface area contributed by atoms with E-state index in [9.17, 15) is 4.79 Å². The molecule has 0 aliphatic carbocycles. The predicted molar refractivity (Wildman–Crippen MR) is 93.3 cm³/mol. The molecule has 1 aromatic carbocycles. The Labute approximate surface area is 142 Å². The number of aromatic nitrogens is 1. The Hall–Kier alpha value is -2.56. The van der Waals surface area contributed by atoms with Crippen LogP contribution in [0.25, 0.3) is 0 Å². The number of amides is 1. The van der Waals surface area contributed by atoms with Crippen molar-refractivity contribution in [2.24, 2.45) is 0 Å². The normalized spacial score (nSPS) is 10.7. The highest BCUT2D eigenvalue weighted by Crippen LogP contribution is 2.22. The van der Waals surface area contributed by atoms with Crippen molar-refractivity contribution in [2.75, 3.05) is 14.2 Å². The lowest BCUT2D eigenvalue weighted by atomic mass is 10.1. The van der Waals surface area contributed by atoms with Gasteiger partial charge in [0.25, 0.3) is 5.91 Å². The van der Waals surface area contributed by atoms with Gasteiger partial charge in [-0.25, -0.2) is 0 Å². The zero-order chi connectivity index (χ0) is 17.7. The van der Waals surface area contributed by atoms with Gasteiger partial charge in [-0.1, -0.05) is 25.1 Å². The maximum Gasteiger partial charge on any atom is 0.254 e. The lowest BCUT2D eigenvalue weighted by molar-refractivity contribution is 0.0772. The Kier molecular flexibility index (Phi) is 5.79. The molecule has 0 aliphatic rings. The van der Waals surface area contributed by atoms with Crippen molar-refractivity contribution < 1.29 is 14.1 Å². The highest BCUT2D eigenvalue weighted by Gasteiger charge is 2.17. The second kappa shape index (κ2) is 7.81. The van der Waals surface area contributed by atoms with Crippen molar-refractivity contribution >= 4 is 5.91 Å². The van der Waals surface area contributed by atoms with Crippen molar-refractivity contribution in [3.05, 3.63) is 59.5 Å². The number of carbonyl (C=O) groups is 1.